The minimum Gasteiger partial charge on any atom is -0.493 e. The Labute approximate surface area is 244 Å². The van der Waals surface area contributed by atoms with Crippen molar-refractivity contribution >= 4 is 41.3 Å². The smallest absolute Gasteiger partial charge is 0.258 e. The van der Waals surface area contributed by atoms with Gasteiger partial charge in [0.1, 0.15) is 0 Å². The fourth-order valence-corrected chi connectivity index (χ4v) is 4.10. The van der Waals surface area contributed by atoms with Crippen LogP contribution in [0.4, 0.5) is 11.4 Å². The van der Waals surface area contributed by atoms with E-state index in [4.69, 9.17) is 19.6 Å². The molecule has 42 heavy (non-hydrogen) atoms. The molecule has 0 heterocycles. The van der Waals surface area contributed by atoms with Crippen LogP contribution < -0.4 is 30.2 Å². The van der Waals surface area contributed by atoms with Gasteiger partial charge in [0.15, 0.2) is 17.5 Å². The maximum Gasteiger partial charge on any atom is 0.258 e. The third-order valence-electron chi connectivity index (χ3n) is 6.36. The Bertz CT molecular complexity index is 1590. The zero-order valence-corrected chi connectivity index (χ0v) is 23.8. The maximum atomic E-state index is 13.0. The van der Waals surface area contributed by atoms with Crippen LogP contribution in [-0.2, 0) is 0 Å². The quantitative estimate of drug-likeness (QED) is 0.109. The molecule has 0 aromatic heterocycles. The van der Waals surface area contributed by atoms with E-state index < -0.39 is 5.91 Å². The summed E-state index contributed by atoms with van der Waals surface area (Å²) < 4.78 is 15.9. The molecule has 0 radical (unpaired) electrons. The highest BCUT2D eigenvalue weighted by atomic mass is 16.5. The SMILES string of the molecule is COc1cc(C(=O)NC(=N)Nc2ccc(C)c(NC(=O)c3ccc(C=Cc4ccccc4)cc3)c2)cc(OC)c1OC. The first-order valence-electron chi connectivity index (χ1n) is 13.0. The number of hydrogen-bond donors (Lipinski definition) is 4. The lowest BCUT2D eigenvalue weighted by Crippen LogP contribution is -2.35. The molecule has 0 fully saturated rings. The zero-order valence-electron chi connectivity index (χ0n) is 23.8. The van der Waals surface area contributed by atoms with Gasteiger partial charge in [0.05, 0.1) is 21.3 Å². The van der Waals surface area contributed by atoms with E-state index >= 15 is 0 Å². The summed E-state index contributed by atoms with van der Waals surface area (Å²) in [6.45, 7) is 1.87. The second kappa shape index (κ2) is 13.7. The van der Waals surface area contributed by atoms with E-state index in [1.807, 2.05) is 67.6 Å². The summed E-state index contributed by atoms with van der Waals surface area (Å²) in [4.78, 5) is 25.8. The first-order valence-corrected chi connectivity index (χ1v) is 13.0. The molecule has 0 atom stereocenters. The lowest BCUT2D eigenvalue weighted by Gasteiger charge is -2.15. The van der Waals surface area contributed by atoms with Crippen LogP contribution in [0.2, 0.25) is 0 Å². The lowest BCUT2D eigenvalue weighted by atomic mass is 10.1. The number of carbonyl (C=O) groups is 2. The van der Waals surface area contributed by atoms with E-state index in [1.54, 1.807) is 24.3 Å². The lowest BCUT2D eigenvalue weighted by molar-refractivity contribution is 0.0974. The van der Waals surface area contributed by atoms with Crippen molar-refractivity contribution in [3.05, 3.63) is 113 Å². The Balaban J connectivity index is 1.39. The van der Waals surface area contributed by atoms with Crippen LogP contribution in [-0.4, -0.2) is 39.1 Å². The summed E-state index contributed by atoms with van der Waals surface area (Å²) >= 11 is 0. The number of ether oxygens (including phenoxy) is 3. The van der Waals surface area contributed by atoms with Crippen LogP contribution in [0.5, 0.6) is 17.2 Å². The van der Waals surface area contributed by atoms with Crippen LogP contribution in [0.3, 0.4) is 0 Å². The second-order valence-electron chi connectivity index (χ2n) is 9.22. The Morgan fingerprint density at radius 1 is 0.690 bits per heavy atom. The van der Waals surface area contributed by atoms with Gasteiger partial charge in [0, 0.05) is 22.5 Å². The number of rotatable bonds is 9. The Morgan fingerprint density at radius 3 is 1.90 bits per heavy atom. The topological polar surface area (TPSA) is 122 Å². The summed E-state index contributed by atoms with van der Waals surface area (Å²) in [5, 5.41) is 16.5. The van der Waals surface area contributed by atoms with Crippen molar-refractivity contribution in [1.29, 1.82) is 5.41 Å². The molecule has 0 saturated heterocycles. The van der Waals surface area contributed by atoms with Crippen molar-refractivity contribution in [3.63, 3.8) is 0 Å². The van der Waals surface area contributed by atoms with Crippen molar-refractivity contribution in [2.45, 2.75) is 6.92 Å². The predicted molar refractivity (Wildman–Crippen MR) is 166 cm³/mol. The van der Waals surface area contributed by atoms with Gasteiger partial charge in [0.25, 0.3) is 11.8 Å². The molecule has 4 aromatic carbocycles. The molecule has 4 N–H and O–H groups in total. The second-order valence-corrected chi connectivity index (χ2v) is 9.22. The van der Waals surface area contributed by atoms with Crippen molar-refractivity contribution in [3.8, 4) is 17.2 Å². The first kappa shape index (κ1) is 29.4. The summed E-state index contributed by atoms with van der Waals surface area (Å²) in [5.41, 5.74) is 4.71. The molecule has 0 spiro atoms. The third-order valence-corrected chi connectivity index (χ3v) is 6.36. The van der Waals surface area contributed by atoms with Crippen LogP contribution >= 0.6 is 0 Å². The normalized spacial score (nSPS) is 10.6. The van der Waals surface area contributed by atoms with E-state index in [9.17, 15) is 9.59 Å². The number of benzene rings is 4. The monoisotopic (exact) mass is 564 g/mol. The molecular formula is C33H32N4O5. The van der Waals surface area contributed by atoms with Gasteiger partial charge in [-0.2, -0.15) is 0 Å². The van der Waals surface area contributed by atoms with Gasteiger partial charge >= 0.3 is 0 Å². The molecule has 4 aromatic rings. The highest BCUT2D eigenvalue weighted by Crippen LogP contribution is 2.38. The number of amides is 2. The number of aryl methyl sites for hydroxylation is 1. The van der Waals surface area contributed by atoms with Crippen molar-refractivity contribution in [2.24, 2.45) is 0 Å². The van der Waals surface area contributed by atoms with Gasteiger partial charge in [-0.3, -0.25) is 20.3 Å². The average molecular weight is 565 g/mol. The van der Waals surface area contributed by atoms with E-state index in [1.165, 1.54) is 33.5 Å². The van der Waals surface area contributed by atoms with Gasteiger partial charge in [-0.15, -0.1) is 0 Å². The Kier molecular flexibility index (Phi) is 9.57. The first-order chi connectivity index (χ1) is 20.3. The van der Waals surface area contributed by atoms with E-state index in [0.717, 1.165) is 16.7 Å². The van der Waals surface area contributed by atoms with E-state index in [0.29, 0.717) is 34.2 Å². The molecule has 9 heteroatoms. The number of hydrogen-bond acceptors (Lipinski definition) is 6. The largest absolute Gasteiger partial charge is 0.493 e. The fraction of sp³-hybridized carbons (Fsp3) is 0.121. The molecule has 0 bridgehead atoms. The standard InChI is InChI=1S/C33H32N4O5/c1-21-10-17-26(35-33(34)37-32(39)25-18-28(40-2)30(42-4)29(19-25)41-3)20-27(21)36-31(38)24-15-13-23(14-16-24)12-11-22-8-6-5-7-9-22/h5-20H,1-4H3,(H,36,38)(H3,34,35,37,39). The number of methoxy groups -OCH3 is 3. The van der Waals surface area contributed by atoms with Crippen LogP contribution in [0.25, 0.3) is 12.2 Å². The maximum absolute atomic E-state index is 13.0. The van der Waals surface area contributed by atoms with Gasteiger partial charge in [-0.05, 0) is 60.0 Å². The molecule has 0 aliphatic carbocycles. The summed E-state index contributed by atoms with van der Waals surface area (Å²) in [5.74, 6) is -0.0738. The summed E-state index contributed by atoms with van der Waals surface area (Å²) in [7, 11) is 4.38. The third kappa shape index (κ3) is 7.33. The number of guanidine groups is 1. The van der Waals surface area contributed by atoms with Gasteiger partial charge < -0.3 is 24.8 Å². The predicted octanol–water partition coefficient (Wildman–Crippen LogP) is 6.22. The number of anilines is 2. The van der Waals surface area contributed by atoms with Gasteiger partial charge in [-0.25, -0.2) is 0 Å². The summed E-state index contributed by atoms with van der Waals surface area (Å²) in [6, 6.07) is 25.5. The van der Waals surface area contributed by atoms with Gasteiger partial charge in [0.2, 0.25) is 5.75 Å². The Morgan fingerprint density at radius 2 is 1.31 bits per heavy atom. The molecule has 0 unspecified atom stereocenters. The van der Waals surface area contributed by atoms with Crippen molar-refractivity contribution < 1.29 is 23.8 Å². The van der Waals surface area contributed by atoms with Crippen molar-refractivity contribution in [2.75, 3.05) is 32.0 Å². The molecule has 0 saturated carbocycles. The zero-order chi connectivity index (χ0) is 30.1. The highest BCUT2D eigenvalue weighted by molar-refractivity contribution is 6.10. The fourth-order valence-electron chi connectivity index (χ4n) is 4.10. The molecule has 2 amide bonds. The van der Waals surface area contributed by atoms with Crippen LogP contribution in [0, 0.1) is 12.3 Å². The van der Waals surface area contributed by atoms with E-state index in [2.05, 4.69) is 16.0 Å². The van der Waals surface area contributed by atoms with Crippen LogP contribution in [0.15, 0.2) is 84.9 Å². The molecule has 0 aliphatic heterocycles. The minimum absolute atomic E-state index is 0.217. The van der Waals surface area contributed by atoms with Crippen LogP contribution in [0.1, 0.15) is 37.4 Å². The minimum atomic E-state index is -0.547. The number of nitrogens with one attached hydrogen (secondary N) is 4. The van der Waals surface area contributed by atoms with Crippen molar-refractivity contribution in [1.82, 2.24) is 5.32 Å². The average Bonchev–Trinajstić information content (AvgIpc) is 3.01. The molecule has 4 rings (SSSR count). The van der Waals surface area contributed by atoms with Gasteiger partial charge in [-0.1, -0.05) is 60.7 Å². The molecule has 9 nitrogen and oxygen atoms in total. The molecule has 214 valence electrons. The molecular weight excluding hydrogens is 532 g/mol. The highest BCUT2D eigenvalue weighted by Gasteiger charge is 2.18. The van der Waals surface area contributed by atoms with E-state index in [-0.39, 0.29) is 17.4 Å². The number of carbonyl (C=O) groups excluding carboxylic acids is 2. The Hall–Kier alpha value is -5.57. The summed E-state index contributed by atoms with van der Waals surface area (Å²) in [6.07, 6.45) is 4.01. The molecule has 0 aliphatic rings.